The zero-order chi connectivity index (χ0) is 13.2. The van der Waals surface area contributed by atoms with E-state index in [1.807, 2.05) is 0 Å². The van der Waals surface area contributed by atoms with E-state index in [0.717, 1.165) is 30.6 Å². The van der Waals surface area contributed by atoms with Crippen molar-refractivity contribution in [2.75, 3.05) is 13.1 Å². The molecule has 102 valence electrons. The van der Waals surface area contributed by atoms with Crippen molar-refractivity contribution in [1.29, 1.82) is 0 Å². The molecule has 0 radical (unpaired) electrons. The van der Waals surface area contributed by atoms with Crippen molar-refractivity contribution in [3.05, 3.63) is 15.8 Å². The Balaban J connectivity index is 2.31. The number of hydrogen-bond acceptors (Lipinski definition) is 4. The second-order valence-corrected chi connectivity index (χ2v) is 7.86. The number of sulfonamides is 1. The van der Waals surface area contributed by atoms with Crippen molar-refractivity contribution < 1.29 is 13.5 Å². The SMILES string of the molecule is Cc1sc(CO)cc1S(=O)(=O)N1CCCCCC1. The van der Waals surface area contributed by atoms with Gasteiger partial charge >= 0.3 is 0 Å². The number of rotatable bonds is 3. The van der Waals surface area contributed by atoms with E-state index < -0.39 is 10.0 Å². The van der Waals surface area contributed by atoms with Crippen molar-refractivity contribution in [3.8, 4) is 0 Å². The molecule has 4 nitrogen and oxygen atoms in total. The number of thiophene rings is 1. The zero-order valence-corrected chi connectivity index (χ0v) is 12.2. The van der Waals surface area contributed by atoms with Gasteiger partial charge in [0.15, 0.2) is 0 Å². The fraction of sp³-hybridized carbons (Fsp3) is 0.667. The third-order valence-corrected chi connectivity index (χ3v) is 6.45. The van der Waals surface area contributed by atoms with E-state index in [4.69, 9.17) is 5.11 Å². The van der Waals surface area contributed by atoms with E-state index in [2.05, 4.69) is 0 Å². The fourth-order valence-electron chi connectivity index (χ4n) is 2.28. The molecule has 1 fully saturated rings. The molecule has 6 heteroatoms. The first kappa shape index (κ1) is 14.0. The van der Waals surface area contributed by atoms with Crippen molar-refractivity contribution in [1.82, 2.24) is 4.31 Å². The summed E-state index contributed by atoms with van der Waals surface area (Å²) in [6.45, 7) is 2.94. The molecule has 1 N–H and O–H groups in total. The Bertz CT molecular complexity index is 499. The highest BCUT2D eigenvalue weighted by atomic mass is 32.2. The zero-order valence-electron chi connectivity index (χ0n) is 10.6. The summed E-state index contributed by atoms with van der Waals surface area (Å²) in [5.74, 6) is 0. The summed E-state index contributed by atoms with van der Waals surface area (Å²) in [6, 6.07) is 1.61. The van der Waals surface area contributed by atoms with Gasteiger partial charge < -0.3 is 5.11 Å². The Hall–Kier alpha value is -0.430. The topological polar surface area (TPSA) is 57.6 Å². The molecule has 0 aromatic carbocycles. The van der Waals surface area contributed by atoms with E-state index in [1.54, 1.807) is 17.3 Å². The smallest absolute Gasteiger partial charge is 0.244 e. The monoisotopic (exact) mass is 289 g/mol. The number of aliphatic hydroxyl groups excluding tert-OH is 1. The molecule has 1 aliphatic heterocycles. The van der Waals surface area contributed by atoms with Crippen molar-refractivity contribution >= 4 is 21.4 Å². The van der Waals surface area contributed by atoms with Gasteiger partial charge in [-0.15, -0.1) is 11.3 Å². The highest BCUT2D eigenvalue weighted by molar-refractivity contribution is 7.89. The maximum atomic E-state index is 12.5. The van der Waals surface area contributed by atoms with E-state index in [1.165, 1.54) is 11.3 Å². The first-order valence-corrected chi connectivity index (χ1v) is 8.51. The Morgan fingerprint density at radius 1 is 1.28 bits per heavy atom. The Labute approximate surface area is 112 Å². The average Bonchev–Trinajstić information content (AvgIpc) is 2.55. The molecule has 1 aromatic rings. The van der Waals surface area contributed by atoms with Crippen LogP contribution in [0.4, 0.5) is 0 Å². The van der Waals surface area contributed by atoms with Gasteiger partial charge in [0.05, 0.1) is 11.5 Å². The molecule has 0 amide bonds. The van der Waals surface area contributed by atoms with Crippen LogP contribution in [0.1, 0.15) is 35.4 Å². The van der Waals surface area contributed by atoms with E-state index in [-0.39, 0.29) is 6.61 Å². The fourth-order valence-corrected chi connectivity index (χ4v) is 5.26. The first-order valence-electron chi connectivity index (χ1n) is 6.26. The van der Waals surface area contributed by atoms with Crippen LogP contribution in [-0.4, -0.2) is 30.9 Å². The molecular weight excluding hydrogens is 270 g/mol. The van der Waals surface area contributed by atoms with Crippen LogP contribution in [0.25, 0.3) is 0 Å². The van der Waals surface area contributed by atoms with Gasteiger partial charge in [0.2, 0.25) is 10.0 Å². The molecule has 1 aromatic heterocycles. The largest absolute Gasteiger partial charge is 0.391 e. The highest BCUT2D eigenvalue weighted by Gasteiger charge is 2.27. The quantitative estimate of drug-likeness (QED) is 0.927. The molecular formula is C12H19NO3S2. The summed E-state index contributed by atoms with van der Waals surface area (Å²) in [5, 5.41) is 9.10. The van der Waals surface area contributed by atoms with Crippen molar-refractivity contribution in [3.63, 3.8) is 0 Å². The Morgan fingerprint density at radius 2 is 1.89 bits per heavy atom. The predicted molar refractivity (Wildman–Crippen MR) is 72.2 cm³/mol. The summed E-state index contributed by atoms with van der Waals surface area (Å²) >= 11 is 1.35. The standard InChI is InChI=1S/C12H19NO3S2/c1-10-12(8-11(9-14)17-10)18(15,16)13-6-4-2-3-5-7-13/h8,14H,2-7,9H2,1H3. The van der Waals surface area contributed by atoms with Crippen molar-refractivity contribution in [2.24, 2.45) is 0 Å². The van der Waals surface area contributed by atoms with Crippen LogP contribution >= 0.6 is 11.3 Å². The molecule has 2 rings (SSSR count). The third kappa shape index (κ3) is 2.77. The van der Waals surface area contributed by atoms with Gasteiger partial charge in [0.1, 0.15) is 0 Å². The lowest BCUT2D eigenvalue weighted by atomic mass is 10.2. The maximum Gasteiger partial charge on any atom is 0.244 e. The second-order valence-electron chi connectivity index (χ2n) is 4.61. The lowest BCUT2D eigenvalue weighted by Gasteiger charge is -2.19. The number of aliphatic hydroxyl groups is 1. The second kappa shape index (κ2) is 5.69. The van der Waals surface area contributed by atoms with Crippen LogP contribution in [0.3, 0.4) is 0 Å². The number of aryl methyl sites for hydroxylation is 1. The minimum atomic E-state index is -3.37. The summed E-state index contributed by atoms with van der Waals surface area (Å²) in [5.41, 5.74) is 0. The van der Waals surface area contributed by atoms with Gasteiger partial charge in [-0.25, -0.2) is 8.42 Å². The van der Waals surface area contributed by atoms with Crippen molar-refractivity contribution in [2.45, 2.75) is 44.1 Å². The first-order chi connectivity index (χ1) is 8.55. The van der Waals surface area contributed by atoms with Crippen LogP contribution in [0.15, 0.2) is 11.0 Å². The van der Waals surface area contributed by atoms with E-state index in [0.29, 0.717) is 22.9 Å². The molecule has 0 unspecified atom stereocenters. The molecule has 0 bridgehead atoms. The predicted octanol–water partition coefficient (Wildman–Crippen LogP) is 2.11. The normalized spacial score (nSPS) is 18.8. The molecule has 0 saturated carbocycles. The van der Waals surface area contributed by atoms with Gasteiger partial charge in [-0.1, -0.05) is 12.8 Å². The summed E-state index contributed by atoms with van der Waals surface area (Å²) < 4.78 is 26.7. The minimum Gasteiger partial charge on any atom is -0.391 e. The van der Waals surface area contributed by atoms with Crippen LogP contribution in [0.2, 0.25) is 0 Å². The lowest BCUT2D eigenvalue weighted by molar-refractivity contribution is 0.285. The number of hydrogen-bond donors (Lipinski definition) is 1. The number of nitrogens with zero attached hydrogens (tertiary/aromatic N) is 1. The molecule has 1 saturated heterocycles. The van der Waals surface area contributed by atoms with E-state index >= 15 is 0 Å². The van der Waals surface area contributed by atoms with Gasteiger partial charge in [-0.2, -0.15) is 4.31 Å². The summed E-state index contributed by atoms with van der Waals surface area (Å²) in [6.07, 6.45) is 4.09. The Kier molecular flexibility index (Phi) is 4.42. The molecule has 0 aliphatic carbocycles. The average molecular weight is 289 g/mol. The summed E-state index contributed by atoms with van der Waals surface area (Å²) in [4.78, 5) is 1.85. The van der Waals surface area contributed by atoms with E-state index in [9.17, 15) is 8.42 Å². The molecule has 1 aliphatic rings. The molecule has 2 heterocycles. The maximum absolute atomic E-state index is 12.5. The molecule has 0 spiro atoms. The Morgan fingerprint density at radius 3 is 2.39 bits per heavy atom. The van der Waals surface area contributed by atoms with Crippen LogP contribution in [0, 0.1) is 6.92 Å². The van der Waals surface area contributed by atoms with Gasteiger partial charge in [-0.3, -0.25) is 0 Å². The van der Waals surface area contributed by atoms with Gasteiger partial charge in [-0.05, 0) is 25.8 Å². The van der Waals surface area contributed by atoms with Crippen LogP contribution < -0.4 is 0 Å². The minimum absolute atomic E-state index is 0.0962. The third-order valence-electron chi connectivity index (χ3n) is 3.26. The molecule has 0 atom stereocenters. The molecule has 18 heavy (non-hydrogen) atoms. The van der Waals surface area contributed by atoms with Gasteiger partial charge in [0, 0.05) is 22.8 Å². The van der Waals surface area contributed by atoms with Crippen LogP contribution in [-0.2, 0) is 16.6 Å². The van der Waals surface area contributed by atoms with Gasteiger partial charge in [0.25, 0.3) is 0 Å². The van der Waals surface area contributed by atoms with Crippen LogP contribution in [0.5, 0.6) is 0 Å². The highest BCUT2D eigenvalue weighted by Crippen LogP contribution is 2.29. The summed E-state index contributed by atoms with van der Waals surface area (Å²) in [7, 11) is -3.37. The lowest BCUT2D eigenvalue weighted by Crippen LogP contribution is -2.32.